The molecule has 84 valence electrons. The van der Waals surface area contributed by atoms with Gasteiger partial charge in [0.05, 0.1) is 5.69 Å². The molecule has 1 aromatic heterocycles. The molecule has 15 heavy (non-hydrogen) atoms. The van der Waals surface area contributed by atoms with Crippen molar-refractivity contribution in [3.63, 3.8) is 0 Å². The number of nitrogens with one attached hydrogen (secondary N) is 1. The molecule has 0 saturated heterocycles. The van der Waals surface area contributed by atoms with Gasteiger partial charge >= 0.3 is 0 Å². The van der Waals surface area contributed by atoms with Crippen LogP contribution >= 0.6 is 0 Å². The van der Waals surface area contributed by atoms with E-state index in [4.69, 9.17) is 4.52 Å². The predicted octanol–water partition coefficient (Wildman–Crippen LogP) is 2.64. The van der Waals surface area contributed by atoms with E-state index in [1.165, 1.54) is 12.0 Å². The standard InChI is InChI=1S/C12H20N2O/c1-7(2)11-10-9(15-14-11)6-5-8(3)12(10)13-4/h7-8,12-13H,5-6H2,1-4H3. The van der Waals surface area contributed by atoms with Crippen molar-refractivity contribution < 1.29 is 4.52 Å². The Morgan fingerprint density at radius 3 is 2.80 bits per heavy atom. The highest BCUT2D eigenvalue weighted by atomic mass is 16.5. The summed E-state index contributed by atoms with van der Waals surface area (Å²) in [6.45, 7) is 6.63. The van der Waals surface area contributed by atoms with Gasteiger partial charge in [0.2, 0.25) is 0 Å². The molecule has 0 radical (unpaired) electrons. The summed E-state index contributed by atoms with van der Waals surface area (Å²) < 4.78 is 5.44. The Balaban J connectivity index is 2.44. The molecule has 3 heteroatoms. The number of rotatable bonds is 2. The summed E-state index contributed by atoms with van der Waals surface area (Å²) in [5.41, 5.74) is 2.46. The summed E-state index contributed by atoms with van der Waals surface area (Å²) in [4.78, 5) is 0. The summed E-state index contributed by atoms with van der Waals surface area (Å²) >= 11 is 0. The topological polar surface area (TPSA) is 38.1 Å². The van der Waals surface area contributed by atoms with Crippen molar-refractivity contribution in [3.05, 3.63) is 17.0 Å². The van der Waals surface area contributed by atoms with E-state index in [2.05, 4.69) is 31.2 Å². The number of hydrogen-bond acceptors (Lipinski definition) is 3. The van der Waals surface area contributed by atoms with Crippen LogP contribution < -0.4 is 5.32 Å². The molecule has 1 heterocycles. The van der Waals surface area contributed by atoms with Crippen LogP contribution in [0.4, 0.5) is 0 Å². The summed E-state index contributed by atoms with van der Waals surface area (Å²) in [6.07, 6.45) is 2.22. The third-order valence-corrected chi connectivity index (χ3v) is 3.40. The molecule has 1 aliphatic carbocycles. The Morgan fingerprint density at radius 2 is 2.20 bits per heavy atom. The van der Waals surface area contributed by atoms with Gasteiger partial charge in [-0.15, -0.1) is 0 Å². The van der Waals surface area contributed by atoms with Gasteiger partial charge in [0, 0.05) is 18.0 Å². The minimum absolute atomic E-state index is 0.414. The molecule has 0 aromatic carbocycles. The van der Waals surface area contributed by atoms with Gasteiger partial charge < -0.3 is 9.84 Å². The minimum atomic E-state index is 0.414. The SMILES string of the molecule is CNC1c2c(C(C)C)noc2CCC1C. The lowest BCUT2D eigenvalue weighted by Gasteiger charge is -2.28. The fourth-order valence-electron chi connectivity index (χ4n) is 2.51. The molecule has 1 N–H and O–H groups in total. The minimum Gasteiger partial charge on any atom is -0.361 e. The van der Waals surface area contributed by atoms with Crippen LogP contribution in [0.2, 0.25) is 0 Å². The van der Waals surface area contributed by atoms with Crippen LogP contribution in [0.3, 0.4) is 0 Å². The molecule has 3 nitrogen and oxygen atoms in total. The van der Waals surface area contributed by atoms with E-state index >= 15 is 0 Å². The van der Waals surface area contributed by atoms with Crippen LogP contribution in [-0.4, -0.2) is 12.2 Å². The monoisotopic (exact) mass is 208 g/mol. The Bertz CT molecular complexity index is 343. The molecule has 0 aliphatic heterocycles. The maximum Gasteiger partial charge on any atom is 0.141 e. The van der Waals surface area contributed by atoms with Crippen LogP contribution in [0, 0.1) is 5.92 Å². The molecule has 0 saturated carbocycles. The van der Waals surface area contributed by atoms with Crippen molar-refractivity contribution >= 4 is 0 Å². The Hall–Kier alpha value is -0.830. The van der Waals surface area contributed by atoms with Gasteiger partial charge in [-0.25, -0.2) is 0 Å². The van der Waals surface area contributed by atoms with Crippen molar-refractivity contribution in [3.8, 4) is 0 Å². The molecule has 0 fully saturated rings. The highest BCUT2D eigenvalue weighted by molar-refractivity contribution is 5.31. The predicted molar refractivity (Wildman–Crippen MR) is 59.9 cm³/mol. The highest BCUT2D eigenvalue weighted by Gasteiger charge is 2.32. The van der Waals surface area contributed by atoms with E-state index in [1.54, 1.807) is 0 Å². The van der Waals surface area contributed by atoms with Gasteiger partial charge in [0.15, 0.2) is 0 Å². The zero-order valence-corrected chi connectivity index (χ0v) is 10.0. The fraction of sp³-hybridized carbons (Fsp3) is 0.750. The normalized spacial score (nSPS) is 25.7. The van der Waals surface area contributed by atoms with Crippen LogP contribution in [-0.2, 0) is 6.42 Å². The molecule has 0 amide bonds. The molecular weight excluding hydrogens is 188 g/mol. The lowest BCUT2D eigenvalue weighted by molar-refractivity contribution is 0.314. The van der Waals surface area contributed by atoms with Gasteiger partial charge in [-0.3, -0.25) is 0 Å². The van der Waals surface area contributed by atoms with Gasteiger partial charge in [-0.2, -0.15) is 0 Å². The summed E-state index contributed by atoms with van der Waals surface area (Å²) in [5.74, 6) is 2.20. The van der Waals surface area contributed by atoms with Crippen molar-refractivity contribution in [1.29, 1.82) is 0 Å². The first kappa shape index (κ1) is 10.7. The van der Waals surface area contributed by atoms with Crippen LogP contribution in [0.1, 0.15) is 56.2 Å². The number of aromatic nitrogens is 1. The summed E-state index contributed by atoms with van der Waals surface area (Å²) in [6, 6.07) is 0.414. The quantitative estimate of drug-likeness (QED) is 0.812. The largest absolute Gasteiger partial charge is 0.361 e. The average molecular weight is 208 g/mol. The second kappa shape index (κ2) is 3.97. The van der Waals surface area contributed by atoms with Crippen molar-refractivity contribution in [1.82, 2.24) is 10.5 Å². The first-order chi connectivity index (χ1) is 7.15. The van der Waals surface area contributed by atoms with Gasteiger partial charge in [0.1, 0.15) is 5.76 Å². The first-order valence-electron chi connectivity index (χ1n) is 5.80. The zero-order chi connectivity index (χ0) is 11.0. The lowest BCUT2D eigenvalue weighted by atomic mass is 9.82. The zero-order valence-electron chi connectivity index (χ0n) is 10.0. The van der Waals surface area contributed by atoms with Gasteiger partial charge in [0.25, 0.3) is 0 Å². The van der Waals surface area contributed by atoms with Gasteiger partial charge in [-0.05, 0) is 25.3 Å². The Kier molecular flexibility index (Phi) is 2.83. The van der Waals surface area contributed by atoms with E-state index in [-0.39, 0.29) is 0 Å². The van der Waals surface area contributed by atoms with E-state index < -0.39 is 0 Å². The third kappa shape index (κ3) is 1.69. The van der Waals surface area contributed by atoms with Crippen molar-refractivity contribution in [2.45, 2.75) is 45.6 Å². The summed E-state index contributed by atoms with van der Waals surface area (Å²) in [7, 11) is 2.02. The van der Waals surface area contributed by atoms with Crippen molar-refractivity contribution in [2.75, 3.05) is 7.05 Å². The Labute approximate surface area is 91.2 Å². The molecule has 0 spiro atoms. The summed E-state index contributed by atoms with van der Waals surface area (Å²) in [5, 5.41) is 7.61. The third-order valence-electron chi connectivity index (χ3n) is 3.40. The first-order valence-corrected chi connectivity index (χ1v) is 5.80. The van der Waals surface area contributed by atoms with E-state index in [0.29, 0.717) is 17.9 Å². The number of aryl methyl sites for hydroxylation is 1. The van der Waals surface area contributed by atoms with Gasteiger partial charge in [-0.1, -0.05) is 25.9 Å². The smallest absolute Gasteiger partial charge is 0.141 e. The average Bonchev–Trinajstić information content (AvgIpc) is 2.61. The van der Waals surface area contributed by atoms with Crippen molar-refractivity contribution in [2.24, 2.45) is 5.92 Å². The fourth-order valence-corrected chi connectivity index (χ4v) is 2.51. The number of nitrogens with zero attached hydrogens (tertiary/aromatic N) is 1. The Morgan fingerprint density at radius 1 is 1.47 bits per heavy atom. The van der Waals surface area contributed by atoms with E-state index in [9.17, 15) is 0 Å². The van der Waals surface area contributed by atoms with Crippen LogP contribution in [0.15, 0.2) is 4.52 Å². The maximum atomic E-state index is 5.44. The second-order valence-corrected chi connectivity index (χ2v) is 4.84. The molecular formula is C12H20N2O. The highest BCUT2D eigenvalue weighted by Crippen LogP contribution is 2.38. The molecule has 2 unspecified atom stereocenters. The lowest BCUT2D eigenvalue weighted by Crippen LogP contribution is -2.28. The number of hydrogen-bond donors (Lipinski definition) is 1. The molecule has 2 atom stereocenters. The maximum absolute atomic E-state index is 5.44. The van der Waals surface area contributed by atoms with E-state index in [0.717, 1.165) is 17.9 Å². The second-order valence-electron chi connectivity index (χ2n) is 4.84. The molecule has 2 rings (SSSR count). The molecule has 0 bridgehead atoms. The van der Waals surface area contributed by atoms with Crippen LogP contribution in [0.25, 0.3) is 0 Å². The number of fused-ring (bicyclic) bond motifs is 1. The molecule has 1 aliphatic rings. The molecule has 1 aromatic rings. The van der Waals surface area contributed by atoms with E-state index in [1.807, 2.05) is 7.05 Å². The van der Waals surface area contributed by atoms with Crippen LogP contribution in [0.5, 0.6) is 0 Å².